The molecule has 0 unspecified atom stereocenters. The Hall–Kier alpha value is -1.47. The highest BCUT2D eigenvalue weighted by Gasteiger charge is 2.30. The van der Waals surface area contributed by atoms with Crippen LogP contribution in [0.2, 0.25) is 0 Å². The fourth-order valence-electron chi connectivity index (χ4n) is 2.63. The molecule has 0 aromatic carbocycles. The number of sulfonamides is 1. The highest BCUT2D eigenvalue weighted by atomic mass is 32.2. The summed E-state index contributed by atoms with van der Waals surface area (Å²) in [5, 5.41) is 0. The zero-order valence-corrected chi connectivity index (χ0v) is 14.1. The summed E-state index contributed by atoms with van der Waals surface area (Å²) < 4.78 is 26.3. The monoisotopic (exact) mass is 325 g/mol. The molecule has 6 nitrogen and oxygen atoms in total. The molecule has 0 radical (unpaired) electrons. The molecule has 22 heavy (non-hydrogen) atoms. The third kappa shape index (κ3) is 4.04. The molecular weight excluding hydrogens is 302 g/mol. The summed E-state index contributed by atoms with van der Waals surface area (Å²) in [6.45, 7) is 4.65. The molecule has 0 saturated carbocycles. The maximum Gasteiger partial charge on any atom is 0.236 e. The molecule has 7 heteroatoms. The van der Waals surface area contributed by atoms with Crippen LogP contribution < -0.4 is 5.49 Å². The Balaban J connectivity index is 2.29. The number of carbonyl (C=O) groups is 1. The first kappa shape index (κ1) is 16.9. The molecule has 1 aliphatic heterocycles. The fraction of sp³-hybridized carbons (Fsp3) is 0.600. The van der Waals surface area contributed by atoms with E-state index in [-0.39, 0.29) is 24.4 Å². The average molecular weight is 325 g/mol. The molecule has 0 amide bonds. The quantitative estimate of drug-likeness (QED) is 0.836. The van der Waals surface area contributed by atoms with Crippen LogP contribution in [0.4, 0.5) is 0 Å². The largest absolute Gasteiger partial charge is 0.274 e. The topological polar surface area (TPSA) is 71.7 Å². The van der Waals surface area contributed by atoms with Gasteiger partial charge in [0.05, 0.1) is 12.2 Å². The molecule has 1 saturated heterocycles. The zero-order valence-electron chi connectivity index (χ0n) is 13.3. The molecule has 2 heterocycles. The van der Waals surface area contributed by atoms with Crippen molar-refractivity contribution < 1.29 is 13.2 Å². The van der Waals surface area contributed by atoms with E-state index in [0.717, 1.165) is 0 Å². The van der Waals surface area contributed by atoms with Crippen LogP contribution in [0.3, 0.4) is 0 Å². The minimum Gasteiger partial charge on any atom is -0.274 e. The molecule has 0 N–H and O–H groups in total. The highest BCUT2D eigenvalue weighted by molar-refractivity contribution is 7.88. The summed E-state index contributed by atoms with van der Waals surface area (Å²) >= 11 is 0. The fourth-order valence-corrected chi connectivity index (χ4v) is 3.54. The van der Waals surface area contributed by atoms with Crippen molar-refractivity contribution in [1.82, 2.24) is 8.87 Å². The van der Waals surface area contributed by atoms with Gasteiger partial charge < -0.3 is 0 Å². The summed E-state index contributed by atoms with van der Waals surface area (Å²) in [7, 11) is -3.26. The number of rotatable bonds is 3. The van der Waals surface area contributed by atoms with Crippen molar-refractivity contribution in [1.29, 1.82) is 0 Å². The first-order chi connectivity index (χ1) is 10.3. The number of pyridine rings is 1. The minimum atomic E-state index is -3.26. The Morgan fingerprint density at radius 3 is 2.73 bits per heavy atom. The lowest BCUT2D eigenvalue weighted by Gasteiger charge is -2.30. The van der Waals surface area contributed by atoms with Gasteiger partial charge in [0.1, 0.15) is 5.49 Å². The van der Waals surface area contributed by atoms with Gasteiger partial charge in [0, 0.05) is 25.3 Å². The minimum absolute atomic E-state index is 0.0836. The van der Waals surface area contributed by atoms with Crippen LogP contribution in [-0.4, -0.2) is 48.6 Å². The Morgan fingerprint density at radius 1 is 1.36 bits per heavy atom. The van der Waals surface area contributed by atoms with Crippen LogP contribution in [0, 0.1) is 5.92 Å². The van der Waals surface area contributed by atoms with Gasteiger partial charge in [-0.3, -0.25) is 14.4 Å². The van der Waals surface area contributed by atoms with Crippen molar-refractivity contribution >= 4 is 15.9 Å². The molecule has 1 aromatic rings. The van der Waals surface area contributed by atoms with E-state index < -0.39 is 10.0 Å². The van der Waals surface area contributed by atoms with E-state index in [9.17, 15) is 13.2 Å². The van der Waals surface area contributed by atoms with Crippen LogP contribution in [0.5, 0.6) is 0 Å². The van der Waals surface area contributed by atoms with Crippen LogP contribution in [0.25, 0.3) is 0 Å². The Bertz CT molecular complexity index is 707. The normalized spacial score (nSPS) is 21.3. The third-order valence-corrected chi connectivity index (χ3v) is 4.94. The van der Waals surface area contributed by atoms with Gasteiger partial charge >= 0.3 is 0 Å². The second-order valence-corrected chi connectivity index (χ2v) is 7.93. The zero-order chi connectivity index (χ0) is 16.3. The van der Waals surface area contributed by atoms with Crippen LogP contribution >= 0.6 is 0 Å². The lowest BCUT2D eigenvalue weighted by Crippen LogP contribution is -2.44. The smallest absolute Gasteiger partial charge is 0.236 e. The predicted octanol–water partition coefficient (Wildman–Crippen LogP) is 1.11. The van der Waals surface area contributed by atoms with E-state index >= 15 is 0 Å². The first-order valence-electron chi connectivity index (χ1n) is 7.50. The summed E-state index contributed by atoms with van der Waals surface area (Å²) in [6.07, 6.45) is 4.29. The van der Waals surface area contributed by atoms with Crippen LogP contribution in [0.15, 0.2) is 29.4 Å². The molecule has 0 spiro atoms. The molecule has 1 fully saturated rings. The Kier molecular flexibility index (Phi) is 5.18. The van der Waals surface area contributed by atoms with Crippen molar-refractivity contribution in [2.45, 2.75) is 32.7 Å². The molecule has 0 bridgehead atoms. The Morgan fingerprint density at radius 2 is 2.09 bits per heavy atom. The average Bonchev–Trinajstić information content (AvgIpc) is 2.46. The van der Waals surface area contributed by atoms with Gasteiger partial charge in [-0.05, 0) is 38.8 Å². The predicted molar refractivity (Wildman–Crippen MR) is 84.9 cm³/mol. The number of hydrogen-bond acceptors (Lipinski definition) is 4. The SMILES string of the molecule is CC(C)N=c1ccccn1C(=O)[C@H]1CCCN(S(C)(=O)=O)C1. The van der Waals surface area contributed by atoms with E-state index in [1.165, 1.54) is 15.1 Å². The van der Waals surface area contributed by atoms with E-state index in [2.05, 4.69) is 4.99 Å². The number of aromatic nitrogens is 1. The van der Waals surface area contributed by atoms with E-state index in [4.69, 9.17) is 0 Å². The van der Waals surface area contributed by atoms with E-state index in [0.29, 0.717) is 24.9 Å². The second-order valence-electron chi connectivity index (χ2n) is 5.95. The number of nitrogens with zero attached hydrogens (tertiary/aromatic N) is 3. The van der Waals surface area contributed by atoms with Crippen molar-refractivity contribution in [2.75, 3.05) is 19.3 Å². The van der Waals surface area contributed by atoms with Gasteiger partial charge in [0.15, 0.2) is 0 Å². The molecule has 1 aliphatic rings. The second kappa shape index (κ2) is 6.75. The van der Waals surface area contributed by atoms with Gasteiger partial charge in [0.25, 0.3) is 0 Å². The molecule has 1 atom stereocenters. The molecule has 1 aromatic heterocycles. The van der Waals surface area contributed by atoms with Crippen molar-refractivity contribution in [3.63, 3.8) is 0 Å². The molecule has 122 valence electrons. The lowest BCUT2D eigenvalue weighted by atomic mass is 9.98. The van der Waals surface area contributed by atoms with Gasteiger partial charge in [-0.2, -0.15) is 0 Å². The van der Waals surface area contributed by atoms with E-state index in [1.807, 2.05) is 19.9 Å². The maximum absolute atomic E-state index is 12.8. The Labute approximate surface area is 131 Å². The maximum atomic E-state index is 12.8. The molecular formula is C15H23N3O3S. The standard InChI is InChI=1S/C15H23N3O3S/c1-12(2)16-14-8-4-5-10-18(14)15(19)13-7-6-9-17(11-13)22(3,20)21/h4-5,8,10,12-13H,6-7,9,11H2,1-3H3/t13-/m0/s1. The van der Waals surface area contributed by atoms with Crippen molar-refractivity contribution in [3.05, 3.63) is 29.9 Å². The highest BCUT2D eigenvalue weighted by Crippen LogP contribution is 2.19. The van der Waals surface area contributed by atoms with Gasteiger partial charge in [-0.1, -0.05) is 6.07 Å². The third-order valence-electron chi connectivity index (χ3n) is 3.67. The van der Waals surface area contributed by atoms with Crippen molar-refractivity contribution in [3.8, 4) is 0 Å². The van der Waals surface area contributed by atoms with Crippen molar-refractivity contribution in [2.24, 2.45) is 10.9 Å². The number of piperidine rings is 1. The summed E-state index contributed by atoms with van der Waals surface area (Å²) in [4.78, 5) is 17.2. The number of hydrogen-bond donors (Lipinski definition) is 0. The summed E-state index contributed by atoms with van der Waals surface area (Å²) in [5.74, 6) is -0.412. The van der Waals surface area contributed by atoms with Gasteiger partial charge in [-0.25, -0.2) is 12.7 Å². The number of carbonyl (C=O) groups excluding carboxylic acids is 1. The van der Waals surface area contributed by atoms with Crippen LogP contribution in [-0.2, 0) is 10.0 Å². The molecule has 2 rings (SSSR count). The van der Waals surface area contributed by atoms with Gasteiger partial charge in [-0.15, -0.1) is 0 Å². The summed E-state index contributed by atoms with van der Waals surface area (Å²) in [6, 6.07) is 5.51. The molecule has 0 aliphatic carbocycles. The van der Waals surface area contributed by atoms with Gasteiger partial charge in [0.2, 0.25) is 15.9 Å². The summed E-state index contributed by atoms with van der Waals surface area (Å²) in [5.41, 5.74) is 0.610. The first-order valence-corrected chi connectivity index (χ1v) is 9.34. The van der Waals surface area contributed by atoms with Crippen LogP contribution in [0.1, 0.15) is 31.5 Å². The van der Waals surface area contributed by atoms with E-state index in [1.54, 1.807) is 18.3 Å². The lowest BCUT2D eigenvalue weighted by molar-refractivity contribution is 0.0778.